The summed E-state index contributed by atoms with van der Waals surface area (Å²) in [5.41, 5.74) is 1.17. The van der Waals surface area contributed by atoms with Crippen LogP contribution in [0.15, 0.2) is 18.2 Å². The van der Waals surface area contributed by atoms with Crippen LogP contribution < -0.4 is 14.2 Å². The first kappa shape index (κ1) is 16.0. The molecule has 0 radical (unpaired) electrons. The zero-order chi connectivity index (χ0) is 17.4. The van der Waals surface area contributed by atoms with Crippen molar-refractivity contribution in [2.75, 3.05) is 7.11 Å². The van der Waals surface area contributed by atoms with E-state index >= 15 is 0 Å². The van der Waals surface area contributed by atoms with Crippen molar-refractivity contribution in [3.63, 3.8) is 0 Å². The SMILES string of the molecule is COc1ccc(OC(C)=O)c2c(OC(C)=O)c3c(cc12)C(=O)CC3. The van der Waals surface area contributed by atoms with Gasteiger partial charge >= 0.3 is 11.9 Å². The molecule has 0 heterocycles. The van der Waals surface area contributed by atoms with Gasteiger partial charge in [-0.25, -0.2) is 0 Å². The van der Waals surface area contributed by atoms with Gasteiger partial charge in [0.05, 0.1) is 12.5 Å². The van der Waals surface area contributed by atoms with E-state index in [0.29, 0.717) is 40.5 Å². The summed E-state index contributed by atoms with van der Waals surface area (Å²) in [6.07, 6.45) is 0.828. The molecule has 0 aliphatic heterocycles. The Morgan fingerprint density at radius 2 is 1.67 bits per heavy atom. The molecule has 124 valence electrons. The lowest BCUT2D eigenvalue weighted by atomic mass is 9.99. The number of esters is 2. The van der Waals surface area contributed by atoms with Gasteiger partial charge in [0.15, 0.2) is 5.78 Å². The highest BCUT2D eigenvalue weighted by atomic mass is 16.5. The Balaban J connectivity index is 2.42. The van der Waals surface area contributed by atoms with Gasteiger partial charge in [-0.3, -0.25) is 14.4 Å². The number of ether oxygens (including phenoxy) is 3. The molecule has 6 heteroatoms. The van der Waals surface area contributed by atoms with Crippen molar-refractivity contribution in [1.82, 2.24) is 0 Å². The molecule has 0 spiro atoms. The summed E-state index contributed by atoms with van der Waals surface area (Å²) in [4.78, 5) is 35.1. The van der Waals surface area contributed by atoms with Crippen LogP contribution in [0.2, 0.25) is 0 Å². The largest absolute Gasteiger partial charge is 0.496 e. The molecule has 3 rings (SSSR count). The third-order valence-electron chi connectivity index (χ3n) is 3.90. The number of carbonyl (C=O) groups is 3. The monoisotopic (exact) mass is 328 g/mol. The number of rotatable bonds is 3. The normalized spacial score (nSPS) is 12.9. The van der Waals surface area contributed by atoms with Gasteiger partial charge in [0.1, 0.15) is 17.2 Å². The average Bonchev–Trinajstić information content (AvgIpc) is 2.88. The number of hydrogen-bond acceptors (Lipinski definition) is 6. The van der Waals surface area contributed by atoms with E-state index in [0.717, 1.165) is 0 Å². The number of carbonyl (C=O) groups excluding carboxylic acids is 3. The van der Waals surface area contributed by atoms with Crippen LogP contribution >= 0.6 is 0 Å². The molecule has 0 unspecified atom stereocenters. The van der Waals surface area contributed by atoms with Crippen molar-refractivity contribution in [2.45, 2.75) is 26.7 Å². The molecule has 0 N–H and O–H groups in total. The Labute approximate surface area is 138 Å². The zero-order valence-electron chi connectivity index (χ0n) is 13.6. The predicted octanol–water partition coefficient (Wildman–Crippen LogP) is 2.83. The second-order valence-corrected chi connectivity index (χ2v) is 5.53. The standard InChI is InChI=1S/C18H16O6/c1-9(19)23-16-7-6-15(22-3)13-8-12-11(4-5-14(12)21)18(17(13)16)24-10(2)20/h6-8H,4-5H2,1-3H3. The molecule has 2 aromatic carbocycles. The van der Waals surface area contributed by atoms with Crippen molar-refractivity contribution < 1.29 is 28.6 Å². The van der Waals surface area contributed by atoms with Crippen LogP contribution in [0.5, 0.6) is 17.2 Å². The number of fused-ring (bicyclic) bond motifs is 2. The van der Waals surface area contributed by atoms with E-state index in [1.54, 1.807) is 18.2 Å². The molecule has 0 atom stereocenters. The summed E-state index contributed by atoms with van der Waals surface area (Å²) >= 11 is 0. The van der Waals surface area contributed by atoms with Gasteiger partial charge in [-0.05, 0) is 24.6 Å². The number of benzene rings is 2. The molecule has 0 saturated carbocycles. The number of methoxy groups -OCH3 is 1. The topological polar surface area (TPSA) is 78.9 Å². The lowest BCUT2D eigenvalue weighted by Crippen LogP contribution is -2.08. The van der Waals surface area contributed by atoms with Gasteiger partial charge < -0.3 is 14.2 Å². The summed E-state index contributed by atoms with van der Waals surface area (Å²) in [7, 11) is 1.50. The maximum atomic E-state index is 12.1. The lowest BCUT2D eigenvalue weighted by Gasteiger charge is -2.16. The molecule has 2 aromatic rings. The molecule has 0 bridgehead atoms. The van der Waals surface area contributed by atoms with E-state index in [4.69, 9.17) is 14.2 Å². The van der Waals surface area contributed by atoms with Crippen molar-refractivity contribution in [1.29, 1.82) is 0 Å². The fraction of sp³-hybridized carbons (Fsp3) is 0.278. The van der Waals surface area contributed by atoms with Gasteiger partial charge in [-0.15, -0.1) is 0 Å². The van der Waals surface area contributed by atoms with Crippen LogP contribution in [0.4, 0.5) is 0 Å². The van der Waals surface area contributed by atoms with Crippen LogP contribution in [0, 0.1) is 0 Å². The van der Waals surface area contributed by atoms with Crippen molar-refractivity contribution in [3.8, 4) is 17.2 Å². The minimum absolute atomic E-state index is 0.0137. The predicted molar refractivity (Wildman–Crippen MR) is 85.8 cm³/mol. The Morgan fingerprint density at radius 3 is 2.29 bits per heavy atom. The molecular weight excluding hydrogens is 312 g/mol. The second-order valence-electron chi connectivity index (χ2n) is 5.53. The number of hydrogen-bond donors (Lipinski definition) is 0. The molecule has 0 fully saturated rings. The van der Waals surface area contributed by atoms with Crippen molar-refractivity contribution in [3.05, 3.63) is 29.3 Å². The van der Waals surface area contributed by atoms with E-state index in [1.807, 2.05) is 0 Å². The number of ketones is 1. The fourth-order valence-electron chi connectivity index (χ4n) is 3.01. The minimum atomic E-state index is -0.513. The van der Waals surface area contributed by atoms with Crippen LogP contribution in [0.3, 0.4) is 0 Å². The van der Waals surface area contributed by atoms with Crippen LogP contribution in [0.1, 0.15) is 36.2 Å². The minimum Gasteiger partial charge on any atom is -0.496 e. The van der Waals surface area contributed by atoms with Crippen LogP contribution in [-0.4, -0.2) is 24.8 Å². The summed E-state index contributed by atoms with van der Waals surface area (Å²) in [5, 5.41) is 1.01. The average molecular weight is 328 g/mol. The molecule has 0 aromatic heterocycles. The Kier molecular flexibility index (Phi) is 3.97. The van der Waals surface area contributed by atoms with E-state index in [1.165, 1.54) is 21.0 Å². The maximum Gasteiger partial charge on any atom is 0.308 e. The summed E-state index contributed by atoms with van der Waals surface area (Å²) < 4.78 is 16.0. The zero-order valence-corrected chi connectivity index (χ0v) is 13.6. The van der Waals surface area contributed by atoms with Crippen LogP contribution in [0.25, 0.3) is 10.8 Å². The smallest absolute Gasteiger partial charge is 0.308 e. The lowest BCUT2D eigenvalue weighted by molar-refractivity contribution is -0.132. The maximum absolute atomic E-state index is 12.1. The molecule has 1 aliphatic rings. The van der Waals surface area contributed by atoms with E-state index in [-0.39, 0.29) is 17.3 Å². The van der Waals surface area contributed by atoms with Crippen molar-refractivity contribution in [2.24, 2.45) is 0 Å². The molecule has 6 nitrogen and oxygen atoms in total. The quantitative estimate of drug-likeness (QED) is 0.637. The third kappa shape index (κ3) is 2.60. The van der Waals surface area contributed by atoms with Crippen molar-refractivity contribution >= 4 is 28.5 Å². The van der Waals surface area contributed by atoms with Gasteiger partial charge in [0.25, 0.3) is 0 Å². The highest BCUT2D eigenvalue weighted by molar-refractivity contribution is 6.10. The molecule has 24 heavy (non-hydrogen) atoms. The van der Waals surface area contributed by atoms with E-state index < -0.39 is 11.9 Å². The summed E-state index contributed by atoms with van der Waals surface area (Å²) in [6, 6.07) is 4.93. The molecule has 1 aliphatic carbocycles. The second kappa shape index (κ2) is 5.96. The first-order chi connectivity index (χ1) is 11.4. The highest BCUT2D eigenvalue weighted by Gasteiger charge is 2.29. The number of Topliss-reactive ketones (excluding diaryl/α,β-unsaturated/α-hetero) is 1. The van der Waals surface area contributed by atoms with Gasteiger partial charge in [0.2, 0.25) is 0 Å². The first-order valence-corrected chi connectivity index (χ1v) is 7.49. The first-order valence-electron chi connectivity index (χ1n) is 7.49. The Hall–Kier alpha value is -2.89. The third-order valence-corrected chi connectivity index (χ3v) is 3.90. The Bertz CT molecular complexity index is 881. The molecular formula is C18H16O6. The summed E-state index contributed by atoms with van der Waals surface area (Å²) in [6.45, 7) is 2.58. The fourth-order valence-corrected chi connectivity index (χ4v) is 3.01. The van der Waals surface area contributed by atoms with E-state index in [9.17, 15) is 14.4 Å². The molecule has 0 saturated heterocycles. The van der Waals surface area contributed by atoms with Crippen LogP contribution in [-0.2, 0) is 16.0 Å². The van der Waals surface area contributed by atoms with Gasteiger partial charge in [-0.1, -0.05) is 0 Å². The summed E-state index contributed by atoms with van der Waals surface area (Å²) in [5.74, 6) is -0.00259. The van der Waals surface area contributed by atoms with Gasteiger partial charge in [0, 0.05) is 36.8 Å². The highest BCUT2D eigenvalue weighted by Crippen LogP contribution is 2.45. The molecule has 0 amide bonds. The van der Waals surface area contributed by atoms with E-state index in [2.05, 4.69) is 0 Å². The Morgan fingerprint density at radius 1 is 1.00 bits per heavy atom. The van der Waals surface area contributed by atoms with Gasteiger partial charge in [-0.2, -0.15) is 0 Å².